The summed E-state index contributed by atoms with van der Waals surface area (Å²) >= 11 is 1.43. The molecule has 3 N–H and O–H groups in total. The van der Waals surface area contributed by atoms with E-state index in [4.69, 9.17) is 5.73 Å². The van der Waals surface area contributed by atoms with Gasteiger partial charge in [0, 0.05) is 31.1 Å². The number of nitrogens with two attached hydrogens (primary N) is 1. The monoisotopic (exact) mass is 462 g/mol. The van der Waals surface area contributed by atoms with Crippen molar-refractivity contribution < 1.29 is 18.0 Å². The summed E-state index contributed by atoms with van der Waals surface area (Å²) in [5, 5.41) is 3.42. The molecule has 2 aliphatic rings. The quantitative estimate of drug-likeness (QED) is 0.678. The zero-order chi connectivity index (χ0) is 22.2. The highest BCUT2D eigenvalue weighted by atomic mass is 32.2. The molecule has 10 heteroatoms. The van der Waals surface area contributed by atoms with Crippen molar-refractivity contribution in [1.82, 2.24) is 9.21 Å². The third kappa shape index (κ3) is 4.25. The highest BCUT2D eigenvalue weighted by Crippen LogP contribution is 2.39. The van der Waals surface area contributed by atoms with Crippen molar-refractivity contribution in [2.45, 2.75) is 37.1 Å². The van der Waals surface area contributed by atoms with E-state index in [0.717, 1.165) is 29.7 Å². The molecule has 0 bridgehead atoms. The fourth-order valence-corrected chi connectivity index (χ4v) is 6.95. The molecular weight excluding hydrogens is 436 g/mol. The van der Waals surface area contributed by atoms with Gasteiger partial charge < -0.3 is 11.1 Å². The van der Waals surface area contributed by atoms with Gasteiger partial charge in [-0.05, 0) is 43.9 Å². The van der Waals surface area contributed by atoms with E-state index < -0.39 is 22.0 Å². The number of carbonyl (C=O) groups excluding carboxylic acids is 2. The Hall–Kier alpha value is -2.27. The van der Waals surface area contributed by atoms with Gasteiger partial charge in [-0.25, -0.2) is 8.42 Å². The lowest BCUT2D eigenvalue weighted by molar-refractivity contribution is -0.121. The summed E-state index contributed by atoms with van der Waals surface area (Å²) in [7, 11) is -3.54. The standard InChI is InChI=1S/C21H26N4O4S2/c1-14(20(27)23-21-18(19(22)26)16-8-5-9-17(16)30-21)24-10-12-25(13-11-24)31(28,29)15-6-3-2-4-7-15/h2-4,6-7,14H,5,8-13H2,1H3,(H2,22,26)(H,23,27)/t14-/m0/s1. The first kappa shape index (κ1) is 21.9. The maximum Gasteiger partial charge on any atom is 0.251 e. The van der Waals surface area contributed by atoms with E-state index in [9.17, 15) is 18.0 Å². The number of hydrogen-bond acceptors (Lipinski definition) is 6. The normalized spacial score (nSPS) is 18.5. The number of nitrogens with zero attached hydrogens (tertiary/aromatic N) is 2. The van der Waals surface area contributed by atoms with Crippen LogP contribution in [0.4, 0.5) is 5.00 Å². The number of sulfonamides is 1. The maximum absolute atomic E-state index is 12.9. The van der Waals surface area contributed by atoms with Crippen molar-refractivity contribution in [2.75, 3.05) is 31.5 Å². The molecule has 1 saturated heterocycles. The lowest BCUT2D eigenvalue weighted by Gasteiger charge is -2.36. The number of primary amides is 1. The number of aryl methyl sites for hydroxylation is 1. The molecule has 1 fully saturated rings. The van der Waals surface area contributed by atoms with Gasteiger partial charge >= 0.3 is 0 Å². The molecule has 1 aromatic carbocycles. The number of rotatable bonds is 6. The summed E-state index contributed by atoms with van der Waals surface area (Å²) in [6.45, 7) is 3.32. The zero-order valence-electron chi connectivity index (χ0n) is 17.3. The van der Waals surface area contributed by atoms with Crippen LogP contribution in [-0.2, 0) is 27.7 Å². The van der Waals surface area contributed by atoms with Gasteiger partial charge in [0.05, 0.1) is 16.5 Å². The minimum atomic E-state index is -3.54. The highest BCUT2D eigenvalue weighted by Gasteiger charge is 2.33. The van der Waals surface area contributed by atoms with E-state index in [-0.39, 0.29) is 10.8 Å². The number of amides is 2. The fourth-order valence-electron chi connectivity index (χ4n) is 4.21. The van der Waals surface area contributed by atoms with Gasteiger partial charge in [0.1, 0.15) is 5.00 Å². The molecule has 1 aliphatic carbocycles. The SMILES string of the molecule is C[C@@H](C(=O)Nc1sc2c(c1C(N)=O)CCC2)N1CCN(S(=O)(=O)c2ccccc2)CC1. The summed E-state index contributed by atoms with van der Waals surface area (Å²) in [6.07, 6.45) is 2.72. The van der Waals surface area contributed by atoms with E-state index >= 15 is 0 Å². The molecule has 1 aromatic heterocycles. The van der Waals surface area contributed by atoms with Gasteiger partial charge in [0.25, 0.3) is 5.91 Å². The van der Waals surface area contributed by atoms with Crippen molar-refractivity contribution in [1.29, 1.82) is 0 Å². The Bertz CT molecular complexity index is 1090. The van der Waals surface area contributed by atoms with Crippen molar-refractivity contribution in [3.05, 3.63) is 46.3 Å². The Kier molecular flexibility index (Phi) is 6.16. The summed E-state index contributed by atoms with van der Waals surface area (Å²) in [5.74, 6) is -0.733. The Labute approximate surface area is 186 Å². The summed E-state index contributed by atoms with van der Waals surface area (Å²) in [5.41, 5.74) is 6.99. The third-order valence-electron chi connectivity index (χ3n) is 5.99. The summed E-state index contributed by atoms with van der Waals surface area (Å²) in [6, 6.07) is 7.91. The molecule has 1 aliphatic heterocycles. The second-order valence-electron chi connectivity index (χ2n) is 7.84. The summed E-state index contributed by atoms with van der Waals surface area (Å²) in [4.78, 5) is 28.2. The van der Waals surface area contributed by atoms with E-state index in [0.29, 0.717) is 36.7 Å². The van der Waals surface area contributed by atoms with Gasteiger partial charge in [-0.1, -0.05) is 18.2 Å². The zero-order valence-corrected chi connectivity index (χ0v) is 19.0. The maximum atomic E-state index is 12.9. The van der Waals surface area contributed by atoms with Crippen molar-refractivity contribution in [3.63, 3.8) is 0 Å². The van der Waals surface area contributed by atoms with Crippen molar-refractivity contribution in [2.24, 2.45) is 5.73 Å². The lowest BCUT2D eigenvalue weighted by Crippen LogP contribution is -2.53. The molecule has 8 nitrogen and oxygen atoms in total. The van der Waals surface area contributed by atoms with Crippen LogP contribution in [0.2, 0.25) is 0 Å². The fraction of sp³-hybridized carbons (Fsp3) is 0.429. The van der Waals surface area contributed by atoms with Crippen LogP contribution in [0.3, 0.4) is 0 Å². The number of hydrogen-bond donors (Lipinski definition) is 2. The van der Waals surface area contributed by atoms with Crippen LogP contribution in [0.5, 0.6) is 0 Å². The average Bonchev–Trinajstić information content (AvgIpc) is 3.34. The molecule has 0 saturated carbocycles. The second-order valence-corrected chi connectivity index (χ2v) is 10.9. The van der Waals surface area contributed by atoms with E-state index in [2.05, 4.69) is 5.32 Å². The van der Waals surface area contributed by atoms with Crippen LogP contribution in [0, 0.1) is 0 Å². The number of piperazine rings is 1. The predicted octanol–water partition coefficient (Wildman–Crippen LogP) is 1.67. The third-order valence-corrected chi connectivity index (χ3v) is 9.11. The van der Waals surface area contributed by atoms with Gasteiger partial charge in [0.15, 0.2) is 0 Å². The molecular formula is C21H26N4O4S2. The van der Waals surface area contributed by atoms with Crippen molar-refractivity contribution >= 4 is 38.2 Å². The number of anilines is 1. The Balaban J connectivity index is 1.40. The molecule has 2 amide bonds. The Morgan fingerprint density at radius 1 is 1.10 bits per heavy atom. The first-order chi connectivity index (χ1) is 14.8. The number of benzene rings is 1. The van der Waals surface area contributed by atoms with Gasteiger partial charge in [0.2, 0.25) is 15.9 Å². The molecule has 4 rings (SSSR count). The molecule has 0 spiro atoms. The molecule has 0 radical (unpaired) electrons. The Morgan fingerprint density at radius 3 is 2.42 bits per heavy atom. The van der Waals surface area contributed by atoms with Crippen LogP contribution in [0.1, 0.15) is 34.1 Å². The molecule has 1 atom stereocenters. The highest BCUT2D eigenvalue weighted by molar-refractivity contribution is 7.89. The van der Waals surface area contributed by atoms with Crippen LogP contribution in [-0.4, -0.2) is 61.7 Å². The predicted molar refractivity (Wildman–Crippen MR) is 120 cm³/mol. The Morgan fingerprint density at radius 2 is 1.77 bits per heavy atom. The van der Waals surface area contributed by atoms with Gasteiger partial charge in [-0.3, -0.25) is 14.5 Å². The molecule has 0 unspecified atom stereocenters. The average molecular weight is 463 g/mol. The smallest absolute Gasteiger partial charge is 0.251 e. The lowest BCUT2D eigenvalue weighted by atomic mass is 10.1. The number of carbonyl (C=O) groups is 2. The number of fused-ring (bicyclic) bond motifs is 1. The van der Waals surface area contributed by atoms with E-state index in [1.54, 1.807) is 37.3 Å². The van der Waals surface area contributed by atoms with Gasteiger partial charge in [-0.15, -0.1) is 11.3 Å². The van der Waals surface area contributed by atoms with Crippen LogP contribution in [0.25, 0.3) is 0 Å². The minimum Gasteiger partial charge on any atom is -0.365 e. The van der Waals surface area contributed by atoms with Gasteiger partial charge in [-0.2, -0.15) is 4.31 Å². The molecule has 2 aromatic rings. The first-order valence-electron chi connectivity index (χ1n) is 10.3. The largest absolute Gasteiger partial charge is 0.365 e. The summed E-state index contributed by atoms with van der Waals surface area (Å²) < 4.78 is 27.0. The van der Waals surface area contributed by atoms with E-state index in [1.165, 1.54) is 15.6 Å². The second kappa shape index (κ2) is 8.70. The van der Waals surface area contributed by atoms with Crippen LogP contribution >= 0.6 is 11.3 Å². The molecule has 166 valence electrons. The molecule has 2 heterocycles. The first-order valence-corrected chi connectivity index (χ1v) is 12.6. The molecule has 31 heavy (non-hydrogen) atoms. The van der Waals surface area contributed by atoms with Crippen molar-refractivity contribution in [3.8, 4) is 0 Å². The number of thiophene rings is 1. The topological polar surface area (TPSA) is 113 Å². The number of nitrogens with one attached hydrogen (secondary N) is 1. The minimum absolute atomic E-state index is 0.221. The van der Waals surface area contributed by atoms with Crippen LogP contribution in [0.15, 0.2) is 35.2 Å². The van der Waals surface area contributed by atoms with E-state index in [1.807, 2.05) is 4.90 Å². The van der Waals surface area contributed by atoms with Crippen LogP contribution < -0.4 is 11.1 Å².